The van der Waals surface area contributed by atoms with Gasteiger partial charge in [-0.05, 0) is 25.2 Å². The number of nitrogens with one attached hydrogen (secondary N) is 1. The molecule has 1 aromatic rings. The maximum atomic E-state index is 5.63. The number of morpholine rings is 1. The van der Waals surface area contributed by atoms with Crippen molar-refractivity contribution in [1.29, 1.82) is 0 Å². The Morgan fingerprint density at radius 3 is 2.69 bits per heavy atom. The van der Waals surface area contributed by atoms with Crippen LogP contribution >= 0.6 is 0 Å². The van der Waals surface area contributed by atoms with Gasteiger partial charge in [0.2, 0.25) is 0 Å². The van der Waals surface area contributed by atoms with Crippen molar-refractivity contribution in [2.75, 3.05) is 53.0 Å². The molecule has 2 atom stereocenters. The highest BCUT2D eigenvalue weighted by atomic mass is 16.5. The first-order valence-corrected chi connectivity index (χ1v) is 11.5. The molecule has 0 spiro atoms. The Balaban J connectivity index is 1.42. The van der Waals surface area contributed by atoms with Gasteiger partial charge in [0, 0.05) is 57.7 Å². The van der Waals surface area contributed by atoms with E-state index in [1.165, 1.54) is 38.5 Å². The molecule has 2 aliphatic heterocycles. The fraction of sp³-hybridized carbons (Fsp3) is 0.818. The van der Waals surface area contributed by atoms with Gasteiger partial charge in [-0.3, -0.25) is 9.89 Å². The minimum atomic E-state index is 0.255. The highest BCUT2D eigenvalue weighted by Crippen LogP contribution is 2.34. The molecule has 3 fully saturated rings. The molecule has 3 heterocycles. The first-order chi connectivity index (χ1) is 14.2. The predicted molar refractivity (Wildman–Crippen MR) is 116 cm³/mol. The lowest BCUT2D eigenvalue weighted by atomic mass is 9.79. The molecule has 0 radical (unpaired) electrons. The Morgan fingerprint density at radius 2 is 2.00 bits per heavy atom. The molecule has 1 N–H and O–H groups in total. The second-order valence-electron chi connectivity index (χ2n) is 9.07. The van der Waals surface area contributed by atoms with Crippen molar-refractivity contribution in [2.45, 2.75) is 57.0 Å². The van der Waals surface area contributed by atoms with Gasteiger partial charge in [0.05, 0.1) is 25.6 Å². The molecule has 1 saturated carbocycles. The van der Waals surface area contributed by atoms with Crippen LogP contribution in [-0.2, 0) is 4.74 Å². The van der Waals surface area contributed by atoms with Crippen LogP contribution in [0.4, 0.5) is 0 Å². The van der Waals surface area contributed by atoms with E-state index in [-0.39, 0.29) is 5.54 Å². The number of hydrogen-bond acceptors (Lipinski definition) is 4. The van der Waals surface area contributed by atoms with Crippen LogP contribution in [0.5, 0.6) is 0 Å². The van der Waals surface area contributed by atoms with Crippen LogP contribution in [-0.4, -0.2) is 83.8 Å². The molecular formula is C22H38N6O. The van der Waals surface area contributed by atoms with Crippen LogP contribution in [0, 0.1) is 5.92 Å². The van der Waals surface area contributed by atoms with Crippen LogP contribution in [0.25, 0.3) is 0 Å². The summed E-state index contributed by atoms with van der Waals surface area (Å²) >= 11 is 0. The summed E-state index contributed by atoms with van der Waals surface area (Å²) in [5.74, 6) is 1.71. The number of piperidine rings is 1. The summed E-state index contributed by atoms with van der Waals surface area (Å²) in [7, 11) is 1.93. The van der Waals surface area contributed by atoms with Gasteiger partial charge >= 0.3 is 0 Å². The first kappa shape index (κ1) is 20.7. The topological polar surface area (TPSA) is 57.9 Å². The van der Waals surface area contributed by atoms with E-state index in [2.05, 4.69) is 42.8 Å². The lowest BCUT2D eigenvalue weighted by Crippen LogP contribution is -2.61. The number of nitrogens with zero attached hydrogens (tertiary/aromatic N) is 5. The summed E-state index contributed by atoms with van der Waals surface area (Å²) in [6, 6.07) is 0.452. The van der Waals surface area contributed by atoms with Crippen molar-refractivity contribution in [3.8, 4) is 0 Å². The van der Waals surface area contributed by atoms with Crippen molar-refractivity contribution in [2.24, 2.45) is 10.9 Å². The molecule has 0 bridgehead atoms. The highest BCUT2D eigenvalue weighted by Gasteiger charge is 2.39. The molecule has 1 aromatic heterocycles. The summed E-state index contributed by atoms with van der Waals surface area (Å²) in [6.07, 6.45) is 13.7. The van der Waals surface area contributed by atoms with Crippen LogP contribution in [0.3, 0.4) is 0 Å². The third kappa shape index (κ3) is 4.61. The van der Waals surface area contributed by atoms with Crippen LogP contribution in [0.1, 0.15) is 51.5 Å². The van der Waals surface area contributed by atoms with E-state index < -0.39 is 0 Å². The Hall–Kier alpha value is -1.60. The molecule has 162 valence electrons. The molecule has 29 heavy (non-hydrogen) atoms. The molecule has 2 saturated heterocycles. The van der Waals surface area contributed by atoms with Gasteiger partial charge in [0.25, 0.3) is 0 Å². The zero-order valence-corrected chi connectivity index (χ0v) is 18.2. The predicted octanol–water partition coefficient (Wildman–Crippen LogP) is 2.38. The summed E-state index contributed by atoms with van der Waals surface area (Å²) in [4.78, 5) is 14.1. The monoisotopic (exact) mass is 402 g/mol. The maximum Gasteiger partial charge on any atom is 0.193 e. The van der Waals surface area contributed by atoms with Crippen molar-refractivity contribution in [3.05, 3.63) is 18.7 Å². The zero-order valence-electron chi connectivity index (χ0n) is 18.2. The summed E-state index contributed by atoms with van der Waals surface area (Å²) in [5, 5.41) is 3.80. The van der Waals surface area contributed by atoms with Crippen LogP contribution in [0.2, 0.25) is 0 Å². The van der Waals surface area contributed by atoms with Crippen LogP contribution < -0.4 is 5.32 Å². The lowest BCUT2D eigenvalue weighted by Gasteiger charge is -2.49. The quantitative estimate of drug-likeness (QED) is 0.619. The number of ether oxygens (including phenoxy) is 1. The second-order valence-corrected chi connectivity index (χ2v) is 9.07. The highest BCUT2D eigenvalue weighted by molar-refractivity contribution is 5.80. The summed E-state index contributed by atoms with van der Waals surface area (Å²) < 4.78 is 7.90. The Bertz CT molecular complexity index is 648. The van der Waals surface area contributed by atoms with E-state index >= 15 is 0 Å². The average Bonchev–Trinajstić information content (AvgIpc) is 3.31. The third-order valence-electron chi connectivity index (χ3n) is 7.38. The SMILES string of the molecule is CN=C(NCC1(N2CCOCC2)CCCCC1)N1CCC(C)C(n2ccnc2)C1. The minimum Gasteiger partial charge on any atom is -0.379 e. The van der Waals surface area contributed by atoms with Gasteiger partial charge in [0.1, 0.15) is 0 Å². The molecule has 7 heteroatoms. The number of aromatic nitrogens is 2. The number of likely N-dealkylation sites (tertiary alicyclic amines) is 1. The largest absolute Gasteiger partial charge is 0.379 e. The molecule has 0 aromatic carbocycles. The van der Waals surface area contributed by atoms with Crippen LogP contribution in [0.15, 0.2) is 23.7 Å². The van der Waals surface area contributed by atoms with Crippen molar-refractivity contribution < 1.29 is 4.74 Å². The van der Waals surface area contributed by atoms with E-state index in [0.29, 0.717) is 12.0 Å². The van der Waals surface area contributed by atoms with Gasteiger partial charge in [-0.1, -0.05) is 26.2 Å². The molecule has 1 aliphatic carbocycles. The van der Waals surface area contributed by atoms with E-state index in [4.69, 9.17) is 4.74 Å². The summed E-state index contributed by atoms with van der Waals surface area (Å²) in [5.41, 5.74) is 0.255. The van der Waals surface area contributed by atoms with E-state index in [1.54, 1.807) is 0 Å². The lowest BCUT2D eigenvalue weighted by molar-refractivity contribution is -0.0355. The van der Waals surface area contributed by atoms with Gasteiger partial charge in [-0.2, -0.15) is 0 Å². The molecule has 2 unspecified atom stereocenters. The number of rotatable bonds is 4. The normalized spacial score (nSPS) is 29.0. The van der Waals surface area contributed by atoms with Gasteiger partial charge in [-0.15, -0.1) is 0 Å². The Morgan fingerprint density at radius 1 is 1.21 bits per heavy atom. The van der Waals surface area contributed by atoms with Crippen molar-refractivity contribution >= 4 is 5.96 Å². The van der Waals surface area contributed by atoms with Crippen molar-refractivity contribution in [1.82, 2.24) is 24.7 Å². The van der Waals surface area contributed by atoms with Gasteiger partial charge in [-0.25, -0.2) is 4.98 Å². The molecule has 4 rings (SSSR count). The number of imidazole rings is 1. The average molecular weight is 403 g/mol. The fourth-order valence-electron chi connectivity index (χ4n) is 5.52. The third-order valence-corrected chi connectivity index (χ3v) is 7.38. The summed E-state index contributed by atoms with van der Waals surface area (Å²) in [6.45, 7) is 9.25. The second kappa shape index (κ2) is 9.47. The molecule has 7 nitrogen and oxygen atoms in total. The van der Waals surface area contributed by atoms with E-state index in [1.807, 2.05) is 19.6 Å². The van der Waals surface area contributed by atoms with Crippen molar-refractivity contribution in [3.63, 3.8) is 0 Å². The number of guanidine groups is 1. The first-order valence-electron chi connectivity index (χ1n) is 11.5. The zero-order chi connectivity index (χ0) is 20.1. The van der Waals surface area contributed by atoms with Gasteiger partial charge in [0.15, 0.2) is 5.96 Å². The molecular weight excluding hydrogens is 364 g/mol. The Kier molecular flexibility index (Phi) is 6.75. The fourth-order valence-corrected chi connectivity index (χ4v) is 5.52. The molecule has 3 aliphatic rings. The minimum absolute atomic E-state index is 0.255. The standard InChI is InChI=1S/C22H38N6O/c1-19-6-10-26(16-20(19)27-11-9-24-18-27)21(23-2)25-17-22(7-4-3-5-8-22)28-12-14-29-15-13-28/h9,11,18-20H,3-8,10,12-17H2,1-2H3,(H,23,25). The maximum absolute atomic E-state index is 5.63. The smallest absolute Gasteiger partial charge is 0.193 e. The number of hydrogen-bond donors (Lipinski definition) is 1. The Labute approximate surface area is 175 Å². The van der Waals surface area contributed by atoms with E-state index in [0.717, 1.165) is 51.9 Å². The van der Waals surface area contributed by atoms with Gasteiger partial charge < -0.3 is 19.5 Å². The molecule has 0 amide bonds. The van der Waals surface area contributed by atoms with E-state index in [9.17, 15) is 0 Å². The number of aliphatic imine (C=N–C) groups is 1.